The van der Waals surface area contributed by atoms with Gasteiger partial charge >= 0.3 is 11.9 Å². The first-order chi connectivity index (χ1) is 20.7. The fourth-order valence-electron chi connectivity index (χ4n) is 4.61. The molecule has 0 fully saturated rings. The van der Waals surface area contributed by atoms with Gasteiger partial charge < -0.3 is 19.6 Å². The number of nitrogens with zero attached hydrogens (tertiary/aromatic N) is 4. The van der Waals surface area contributed by atoms with E-state index in [4.69, 9.17) is 9.68 Å². The number of hydrogen-bond acceptors (Lipinski definition) is 8. The Hall–Kier alpha value is -5.77. The topological polar surface area (TPSA) is 118 Å². The van der Waals surface area contributed by atoms with Crippen LogP contribution in [0.5, 0.6) is 0 Å². The van der Waals surface area contributed by atoms with Crippen LogP contribution in [0, 0.1) is 0 Å². The second-order valence-electron chi connectivity index (χ2n) is 9.73. The molecule has 43 heavy (non-hydrogen) atoms. The Morgan fingerprint density at radius 1 is 0.698 bits per heavy atom. The largest absolute Gasteiger partial charge is 0.345 e. The van der Waals surface area contributed by atoms with E-state index < -0.39 is 11.9 Å². The van der Waals surface area contributed by atoms with Gasteiger partial charge in [0, 0.05) is 54.1 Å². The minimum absolute atomic E-state index is 0.0609. The van der Waals surface area contributed by atoms with E-state index in [0.29, 0.717) is 22.7 Å². The van der Waals surface area contributed by atoms with Crippen LogP contribution in [0.1, 0.15) is 49.2 Å². The molecule has 5 rings (SSSR count). The molecule has 10 heteroatoms. The number of carbonyl (C=O) groups is 3. The summed E-state index contributed by atoms with van der Waals surface area (Å²) in [5, 5.41) is 8.68. The zero-order valence-corrected chi connectivity index (χ0v) is 24.1. The van der Waals surface area contributed by atoms with Crippen LogP contribution in [0.3, 0.4) is 0 Å². The molecule has 3 aromatic carbocycles. The van der Waals surface area contributed by atoms with E-state index in [9.17, 15) is 14.4 Å². The summed E-state index contributed by atoms with van der Waals surface area (Å²) in [6.45, 7) is 6.09. The number of anilines is 3. The SMILES string of the molecule is CC(=O)O/N=C(/C)c1ccc(N(c2ccc(C(=O)c3ccccc3)cc2)c2c[nH]c3c2ccn3/C(C)=N\OC(C)=O)cc1. The lowest BCUT2D eigenvalue weighted by molar-refractivity contribution is -0.141. The number of fused-ring (bicyclic) bond motifs is 1. The van der Waals surface area contributed by atoms with Crippen LogP contribution in [0.25, 0.3) is 11.0 Å². The first-order valence-corrected chi connectivity index (χ1v) is 13.5. The maximum atomic E-state index is 13.1. The fraction of sp³-hybridized carbons (Fsp3) is 0.121. The molecule has 0 aliphatic heterocycles. The minimum Gasteiger partial charge on any atom is -0.345 e. The van der Waals surface area contributed by atoms with E-state index in [2.05, 4.69) is 20.2 Å². The molecule has 10 nitrogen and oxygen atoms in total. The van der Waals surface area contributed by atoms with Crippen molar-refractivity contribution in [1.29, 1.82) is 0 Å². The number of nitrogens with one attached hydrogen (secondary N) is 1. The maximum absolute atomic E-state index is 13.1. The smallest absolute Gasteiger partial charge is 0.332 e. The van der Waals surface area contributed by atoms with Gasteiger partial charge in [-0.25, -0.2) is 9.59 Å². The van der Waals surface area contributed by atoms with Gasteiger partial charge in [-0.2, -0.15) is 0 Å². The van der Waals surface area contributed by atoms with Crippen molar-refractivity contribution in [2.24, 2.45) is 10.3 Å². The van der Waals surface area contributed by atoms with Crippen molar-refractivity contribution in [3.8, 4) is 0 Å². The van der Waals surface area contributed by atoms with Crippen LogP contribution in [0.4, 0.5) is 17.1 Å². The summed E-state index contributed by atoms with van der Waals surface area (Å²) in [6.07, 6.45) is 3.72. The molecule has 0 unspecified atom stereocenters. The third-order valence-electron chi connectivity index (χ3n) is 6.68. The molecule has 2 heterocycles. The Kier molecular flexibility index (Phi) is 8.29. The van der Waals surface area contributed by atoms with Crippen LogP contribution in [-0.4, -0.2) is 38.8 Å². The average Bonchev–Trinajstić information content (AvgIpc) is 3.63. The van der Waals surface area contributed by atoms with Crippen molar-refractivity contribution in [2.75, 3.05) is 4.90 Å². The molecule has 0 atom stereocenters. The first kappa shape index (κ1) is 28.7. The number of hydrogen-bond donors (Lipinski definition) is 1. The molecule has 216 valence electrons. The second kappa shape index (κ2) is 12.4. The minimum atomic E-state index is -0.508. The predicted octanol–water partition coefficient (Wildman–Crippen LogP) is 6.70. The number of benzene rings is 3. The maximum Gasteiger partial charge on any atom is 0.332 e. The molecule has 0 saturated heterocycles. The Morgan fingerprint density at radius 3 is 1.86 bits per heavy atom. The summed E-state index contributed by atoms with van der Waals surface area (Å²) in [4.78, 5) is 50.5. The Balaban J connectivity index is 1.56. The molecule has 1 N–H and O–H groups in total. The quantitative estimate of drug-likeness (QED) is 0.0723. The molecule has 0 saturated carbocycles. The van der Waals surface area contributed by atoms with Crippen LogP contribution in [0.2, 0.25) is 0 Å². The fourth-order valence-corrected chi connectivity index (χ4v) is 4.61. The monoisotopic (exact) mass is 575 g/mol. The summed E-state index contributed by atoms with van der Waals surface area (Å²) in [5.74, 6) is -0.588. The van der Waals surface area contributed by atoms with E-state index >= 15 is 0 Å². The van der Waals surface area contributed by atoms with Crippen LogP contribution < -0.4 is 4.90 Å². The van der Waals surface area contributed by atoms with E-state index in [-0.39, 0.29) is 5.78 Å². The highest BCUT2D eigenvalue weighted by Crippen LogP contribution is 2.39. The number of H-pyrrole nitrogens is 1. The average molecular weight is 576 g/mol. The number of oxime groups is 2. The summed E-state index contributed by atoms with van der Waals surface area (Å²) in [7, 11) is 0. The lowest BCUT2D eigenvalue weighted by Crippen LogP contribution is -2.10. The Bertz CT molecular complexity index is 1850. The Morgan fingerprint density at radius 2 is 1.26 bits per heavy atom. The van der Waals surface area contributed by atoms with E-state index in [1.54, 1.807) is 30.5 Å². The number of aromatic nitrogens is 2. The highest BCUT2D eigenvalue weighted by Gasteiger charge is 2.20. The van der Waals surface area contributed by atoms with Crippen LogP contribution >= 0.6 is 0 Å². The van der Waals surface area contributed by atoms with Crippen molar-refractivity contribution in [1.82, 2.24) is 9.55 Å². The molecule has 0 aliphatic rings. The first-order valence-electron chi connectivity index (χ1n) is 13.5. The molecular weight excluding hydrogens is 546 g/mol. The predicted molar refractivity (Wildman–Crippen MR) is 165 cm³/mol. The van der Waals surface area contributed by atoms with Crippen molar-refractivity contribution in [3.63, 3.8) is 0 Å². The number of carbonyl (C=O) groups excluding carboxylic acids is 3. The van der Waals surface area contributed by atoms with Gasteiger partial charge in [0.2, 0.25) is 0 Å². The van der Waals surface area contributed by atoms with Crippen molar-refractivity contribution in [2.45, 2.75) is 27.7 Å². The van der Waals surface area contributed by atoms with E-state index in [0.717, 1.165) is 33.7 Å². The third-order valence-corrected chi connectivity index (χ3v) is 6.68. The lowest BCUT2D eigenvalue weighted by atomic mass is 10.0. The Labute approximate surface area is 247 Å². The molecule has 0 aliphatic carbocycles. The summed E-state index contributed by atoms with van der Waals surface area (Å²) >= 11 is 0. The standard InChI is InChI=1S/C33H29N5O5/c1-21(35-42-23(3)39)25-10-14-28(15-11-25)38(29-16-12-27(13-17-29)32(41)26-8-6-5-7-9-26)31-20-34-33-30(31)18-19-37(33)22(2)36-43-24(4)40/h5-20,34H,1-4H3/b35-21-,36-22-. The van der Waals surface area contributed by atoms with Gasteiger partial charge in [-0.3, -0.25) is 9.36 Å². The normalized spacial score (nSPS) is 11.8. The highest BCUT2D eigenvalue weighted by atomic mass is 16.7. The van der Waals surface area contributed by atoms with Crippen molar-refractivity contribution in [3.05, 3.63) is 114 Å². The van der Waals surface area contributed by atoms with Gasteiger partial charge in [0.25, 0.3) is 0 Å². The van der Waals surface area contributed by atoms with Gasteiger partial charge in [-0.05, 0) is 61.9 Å². The zero-order chi connectivity index (χ0) is 30.5. The van der Waals surface area contributed by atoms with Crippen LogP contribution in [-0.2, 0) is 19.3 Å². The highest BCUT2D eigenvalue weighted by molar-refractivity contribution is 6.09. The number of ketones is 1. The van der Waals surface area contributed by atoms with E-state index in [1.807, 2.05) is 85.2 Å². The van der Waals surface area contributed by atoms with E-state index in [1.165, 1.54) is 13.8 Å². The van der Waals surface area contributed by atoms with Crippen molar-refractivity contribution >= 4 is 57.4 Å². The lowest BCUT2D eigenvalue weighted by Gasteiger charge is -2.25. The molecule has 2 aromatic heterocycles. The summed E-state index contributed by atoms with van der Waals surface area (Å²) in [6, 6.07) is 26.2. The molecular formula is C33H29N5O5. The molecule has 0 bridgehead atoms. The van der Waals surface area contributed by atoms with Gasteiger partial charge in [-0.1, -0.05) is 52.8 Å². The van der Waals surface area contributed by atoms with Crippen LogP contribution in [0.15, 0.2) is 108 Å². The van der Waals surface area contributed by atoms with Gasteiger partial charge in [0.1, 0.15) is 5.65 Å². The molecule has 0 amide bonds. The summed E-state index contributed by atoms with van der Waals surface area (Å²) in [5.41, 5.74) is 5.79. The third kappa shape index (κ3) is 6.28. The number of rotatable bonds is 8. The second-order valence-corrected chi connectivity index (χ2v) is 9.73. The molecule has 0 spiro atoms. The van der Waals surface area contributed by atoms with Gasteiger partial charge in [0.15, 0.2) is 11.6 Å². The molecule has 5 aromatic rings. The summed E-state index contributed by atoms with van der Waals surface area (Å²) < 4.78 is 1.79. The zero-order valence-electron chi connectivity index (χ0n) is 24.1. The molecule has 0 radical (unpaired) electrons. The van der Waals surface area contributed by atoms with Gasteiger partial charge in [0.05, 0.1) is 11.4 Å². The van der Waals surface area contributed by atoms with Crippen molar-refractivity contribution < 1.29 is 24.1 Å². The van der Waals surface area contributed by atoms with Gasteiger partial charge in [-0.15, -0.1) is 0 Å². The number of aromatic amines is 1.